The van der Waals surface area contributed by atoms with Crippen LogP contribution in [0.15, 0.2) is 47.4 Å². The second-order valence-corrected chi connectivity index (χ2v) is 7.73. The van der Waals surface area contributed by atoms with Crippen LogP contribution in [0.2, 0.25) is 0 Å². The van der Waals surface area contributed by atoms with E-state index in [2.05, 4.69) is 5.32 Å². The van der Waals surface area contributed by atoms with Crippen LogP contribution in [0.1, 0.15) is 22.3 Å². The average Bonchev–Trinajstić information content (AvgIpc) is 2.92. The minimum Gasteiger partial charge on any atom is -0.325 e. The highest BCUT2D eigenvalue weighted by Gasteiger charge is 2.36. The minimum atomic E-state index is -4.46. The monoisotopic (exact) mass is 434 g/mol. The maximum atomic E-state index is 12.6. The number of amides is 3. The molecule has 156 valence electrons. The number of imide groups is 1. The molecule has 1 aliphatic heterocycles. The van der Waals surface area contributed by atoms with Crippen molar-refractivity contribution in [1.82, 2.24) is 4.90 Å². The number of hydrogen-bond donors (Lipinski definition) is 1. The van der Waals surface area contributed by atoms with Gasteiger partial charge in [0.25, 0.3) is 11.1 Å². The maximum absolute atomic E-state index is 12.6. The van der Waals surface area contributed by atoms with Gasteiger partial charge in [-0.05, 0) is 72.6 Å². The third-order valence-corrected chi connectivity index (χ3v) is 5.41. The van der Waals surface area contributed by atoms with E-state index in [0.29, 0.717) is 23.0 Å². The third-order valence-electron chi connectivity index (χ3n) is 4.50. The second-order valence-electron chi connectivity index (χ2n) is 6.73. The van der Waals surface area contributed by atoms with Gasteiger partial charge in [-0.2, -0.15) is 13.2 Å². The summed E-state index contributed by atoms with van der Waals surface area (Å²) < 4.78 is 37.9. The van der Waals surface area contributed by atoms with Gasteiger partial charge in [-0.15, -0.1) is 0 Å². The lowest BCUT2D eigenvalue weighted by Crippen LogP contribution is -2.36. The van der Waals surface area contributed by atoms with Crippen molar-refractivity contribution in [3.05, 3.63) is 69.6 Å². The number of carbonyl (C=O) groups excluding carboxylic acids is 3. The number of nitrogens with one attached hydrogen (secondary N) is 1. The molecule has 1 fully saturated rings. The number of benzene rings is 2. The van der Waals surface area contributed by atoms with Gasteiger partial charge in [-0.25, -0.2) is 0 Å². The summed E-state index contributed by atoms with van der Waals surface area (Å²) in [5, 5.41) is 2.03. The summed E-state index contributed by atoms with van der Waals surface area (Å²) in [6.07, 6.45) is -3.13. The van der Waals surface area contributed by atoms with Crippen molar-refractivity contribution >= 4 is 40.6 Å². The predicted molar refractivity (Wildman–Crippen MR) is 109 cm³/mol. The highest BCUT2D eigenvalue weighted by Crippen LogP contribution is 2.33. The summed E-state index contributed by atoms with van der Waals surface area (Å²) in [7, 11) is 0. The number of hydrogen-bond acceptors (Lipinski definition) is 4. The lowest BCUT2D eigenvalue weighted by molar-refractivity contribution is -0.137. The molecule has 1 heterocycles. The molecule has 3 rings (SSSR count). The maximum Gasteiger partial charge on any atom is 0.416 e. The summed E-state index contributed by atoms with van der Waals surface area (Å²) >= 11 is 0.635. The Hall–Kier alpha value is -3.07. The first-order valence-electron chi connectivity index (χ1n) is 8.84. The largest absolute Gasteiger partial charge is 0.416 e. The van der Waals surface area contributed by atoms with Crippen molar-refractivity contribution in [2.75, 3.05) is 11.9 Å². The van der Waals surface area contributed by atoms with Crippen molar-refractivity contribution in [3.8, 4) is 0 Å². The van der Waals surface area contributed by atoms with Crippen molar-refractivity contribution < 1.29 is 27.6 Å². The molecule has 30 heavy (non-hydrogen) atoms. The molecular formula is C21H17F3N2O3S. The van der Waals surface area contributed by atoms with Gasteiger partial charge in [0, 0.05) is 5.69 Å². The van der Waals surface area contributed by atoms with Gasteiger partial charge in [0.1, 0.15) is 6.54 Å². The Kier molecular flexibility index (Phi) is 6.02. The fourth-order valence-corrected chi connectivity index (χ4v) is 3.56. The summed E-state index contributed by atoms with van der Waals surface area (Å²) in [5.74, 6) is -1.20. The van der Waals surface area contributed by atoms with Gasteiger partial charge in [-0.3, -0.25) is 19.3 Å². The van der Waals surface area contributed by atoms with Gasteiger partial charge in [-0.1, -0.05) is 18.2 Å². The van der Waals surface area contributed by atoms with Crippen LogP contribution < -0.4 is 5.32 Å². The van der Waals surface area contributed by atoms with Gasteiger partial charge < -0.3 is 5.32 Å². The first-order chi connectivity index (χ1) is 14.0. The molecule has 5 nitrogen and oxygen atoms in total. The van der Waals surface area contributed by atoms with E-state index in [4.69, 9.17) is 0 Å². The van der Waals surface area contributed by atoms with E-state index in [9.17, 15) is 27.6 Å². The summed E-state index contributed by atoms with van der Waals surface area (Å²) in [6, 6.07) is 9.56. The van der Waals surface area contributed by atoms with Crippen molar-refractivity contribution in [2.45, 2.75) is 20.0 Å². The van der Waals surface area contributed by atoms with E-state index in [0.717, 1.165) is 28.2 Å². The lowest BCUT2D eigenvalue weighted by Gasteiger charge is -2.13. The first kappa shape index (κ1) is 21.6. The van der Waals surface area contributed by atoms with Crippen molar-refractivity contribution in [1.29, 1.82) is 0 Å². The molecule has 1 aliphatic rings. The Morgan fingerprint density at radius 1 is 1.07 bits per heavy atom. The van der Waals surface area contributed by atoms with Crippen LogP contribution in [0.3, 0.4) is 0 Å². The molecule has 0 unspecified atom stereocenters. The van der Waals surface area contributed by atoms with Crippen LogP contribution in [-0.4, -0.2) is 28.5 Å². The smallest absolute Gasteiger partial charge is 0.325 e. The molecule has 1 N–H and O–H groups in total. The Labute approximate surface area is 174 Å². The van der Waals surface area contributed by atoms with Crippen molar-refractivity contribution in [2.24, 2.45) is 0 Å². The normalized spacial score (nSPS) is 15.8. The molecule has 0 aliphatic carbocycles. The quantitative estimate of drug-likeness (QED) is 0.688. The number of halogens is 3. The number of thioether (sulfide) groups is 1. The molecule has 2 aromatic rings. The summed E-state index contributed by atoms with van der Waals surface area (Å²) in [5.41, 5.74) is 2.13. The molecule has 0 radical (unpaired) electrons. The van der Waals surface area contributed by atoms with Gasteiger partial charge in [0.05, 0.1) is 10.5 Å². The number of alkyl halides is 3. The number of aryl methyl sites for hydroxylation is 2. The molecule has 9 heteroatoms. The minimum absolute atomic E-state index is 0.0405. The number of nitrogens with zero attached hydrogens (tertiary/aromatic N) is 1. The second kappa shape index (κ2) is 8.35. The Bertz CT molecular complexity index is 1050. The fourth-order valence-electron chi connectivity index (χ4n) is 2.72. The predicted octanol–water partition coefficient (Wildman–Crippen LogP) is 5.00. The number of rotatable bonds is 4. The fraction of sp³-hybridized carbons (Fsp3) is 0.190. The van der Waals surface area contributed by atoms with E-state index >= 15 is 0 Å². The summed E-state index contributed by atoms with van der Waals surface area (Å²) in [6.45, 7) is 3.37. The van der Waals surface area contributed by atoms with E-state index in [1.807, 2.05) is 19.9 Å². The zero-order valence-electron chi connectivity index (χ0n) is 16.0. The highest BCUT2D eigenvalue weighted by atomic mass is 32.2. The molecule has 0 aromatic heterocycles. The van der Waals surface area contributed by atoms with Gasteiger partial charge in [0.2, 0.25) is 5.91 Å². The van der Waals surface area contributed by atoms with Crippen LogP contribution in [0, 0.1) is 13.8 Å². The van der Waals surface area contributed by atoms with Gasteiger partial charge >= 0.3 is 6.18 Å². The molecule has 1 saturated heterocycles. The van der Waals surface area contributed by atoms with Crippen LogP contribution in [0.5, 0.6) is 0 Å². The molecule has 0 spiro atoms. The standard InChI is InChI=1S/C21H17F3N2O3S/c1-12-3-8-16(9-13(12)2)25-18(27)11-26-19(28)17(30-20(26)29)10-14-4-6-15(7-5-14)21(22,23)24/h3-10H,11H2,1-2H3,(H,25,27). The lowest BCUT2D eigenvalue weighted by atomic mass is 10.1. The van der Waals surface area contributed by atoms with Gasteiger partial charge in [0.15, 0.2) is 0 Å². The topological polar surface area (TPSA) is 66.5 Å². The highest BCUT2D eigenvalue weighted by molar-refractivity contribution is 8.18. The SMILES string of the molecule is Cc1ccc(NC(=O)CN2C(=O)SC(=Cc3ccc(C(F)(F)F)cc3)C2=O)cc1C. The molecule has 0 bridgehead atoms. The van der Waals surface area contributed by atoms with Crippen LogP contribution >= 0.6 is 11.8 Å². The van der Waals surface area contributed by atoms with E-state index in [1.165, 1.54) is 18.2 Å². The Morgan fingerprint density at radius 3 is 2.33 bits per heavy atom. The Morgan fingerprint density at radius 2 is 1.73 bits per heavy atom. The Balaban J connectivity index is 1.68. The zero-order valence-corrected chi connectivity index (χ0v) is 16.9. The molecule has 0 saturated carbocycles. The van der Waals surface area contributed by atoms with E-state index in [1.54, 1.807) is 12.1 Å². The first-order valence-corrected chi connectivity index (χ1v) is 9.66. The third kappa shape index (κ3) is 4.91. The van der Waals surface area contributed by atoms with E-state index in [-0.39, 0.29) is 4.91 Å². The number of anilines is 1. The van der Waals surface area contributed by atoms with Crippen LogP contribution in [0.25, 0.3) is 6.08 Å². The molecule has 0 atom stereocenters. The van der Waals surface area contributed by atoms with E-state index < -0.39 is 35.3 Å². The average molecular weight is 434 g/mol. The molecular weight excluding hydrogens is 417 g/mol. The van der Waals surface area contributed by atoms with Crippen molar-refractivity contribution in [3.63, 3.8) is 0 Å². The zero-order chi connectivity index (χ0) is 22.1. The summed E-state index contributed by atoms with van der Waals surface area (Å²) in [4.78, 5) is 37.7. The van der Waals surface area contributed by atoms with Crippen LogP contribution in [0.4, 0.5) is 23.7 Å². The molecule has 3 amide bonds. The molecule has 2 aromatic carbocycles. The number of carbonyl (C=O) groups is 3. The van der Waals surface area contributed by atoms with Crippen LogP contribution in [-0.2, 0) is 15.8 Å².